The Balaban J connectivity index is 2.99. The van der Waals surface area contributed by atoms with Crippen LogP contribution in [-0.2, 0) is 4.79 Å². The maximum atomic E-state index is 11.1. The fourth-order valence-corrected chi connectivity index (χ4v) is 3.12. The standard InChI is InChI=1S/C10H14OS2/c1-7-6-8(11)4-5-9(7)10(12-2)13-3/h6H,4-5H2,1-3H3. The Morgan fingerprint density at radius 3 is 2.38 bits per heavy atom. The van der Waals surface area contributed by atoms with Crippen molar-refractivity contribution in [1.29, 1.82) is 0 Å². The lowest BCUT2D eigenvalue weighted by Gasteiger charge is -2.16. The molecular formula is C10H14OS2. The molecule has 1 nitrogen and oxygen atoms in total. The molecule has 72 valence electrons. The Labute approximate surface area is 88.0 Å². The first-order valence-corrected chi connectivity index (χ1v) is 6.66. The second kappa shape index (κ2) is 4.91. The molecule has 0 heterocycles. The maximum absolute atomic E-state index is 11.1. The molecule has 0 aliphatic heterocycles. The van der Waals surface area contributed by atoms with E-state index in [1.165, 1.54) is 9.81 Å². The zero-order chi connectivity index (χ0) is 9.84. The van der Waals surface area contributed by atoms with Crippen molar-refractivity contribution in [2.24, 2.45) is 0 Å². The van der Waals surface area contributed by atoms with E-state index in [9.17, 15) is 4.79 Å². The minimum absolute atomic E-state index is 0.266. The Hall–Kier alpha value is -0.150. The summed E-state index contributed by atoms with van der Waals surface area (Å²) in [6.45, 7) is 2.03. The second-order valence-corrected chi connectivity index (χ2v) is 4.86. The molecule has 0 amide bonds. The molecule has 1 aliphatic carbocycles. The van der Waals surface area contributed by atoms with Gasteiger partial charge >= 0.3 is 0 Å². The van der Waals surface area contributed by atoms with Crippen molar-refractivity contribution in [3.05, 3.63) is 21.5 Å². The number of thioether (sulfide) groups is 2. The van der Waals surface area contributed by atoms with Crippen LogP contribution in [0.2, 0.25) is 0 Å². The Morgan fingerprint density at radius 1 is 1.31 bits per heavy atom. The Kier molecular flexibility index (Phi) is 4.13. The van der Waals surface area contributed by atoms with Gasteiger partial charge in [-0.25, -0.2) is 0 Å². The topological polar surface area (TPSA) is 17.1 Å². The number of hydrogen-bond acceptors (Lipinski definition) is 3. The van der Waals surface area contributed by atoms with Crippen molar-refractivity contribution in [2.75, 3.05) is 12.5 Å². The molecule has 0 unspecified atom stereocenters. The molecule has 0 aromatic heterocycles. The molecule has 0 spiro atoms. The molecule has 1 rings (SSSR count). The first-order valence-electron chi connectivity index (χ1n) is 4.21. The number of allylic oxidation sites excluding steroid dienone is 3. The lowest BCUT2D eigenvalue weighted by Crippen LogP contribution is -2.04. The Morgan fingerprint density at radius 2 is 1.92 bits per heavy atom. The van der Waals surface area contributed by atoms with Crippen molar-refractivity contribution in [3.8, 4) is 0 Å². The zero-order valence-electron chi connectivity index (χ0n) is 8.22. The molecule has 0 saturated carbocycles. The van der Waals surface area contributed by atoms with E-state index >= 15 is 0 Å². The van der Waals surface area contributed by atoms with Crippen molar-refractivity contribution >= 4 is 29.3 Å². The Bertz CT molecular complexity index is 271. The predicted molar refractivity (Wildman–Crippen MR) is 62.1 cm³/mol. The van der Waals surface area contributed by atoms with Crippen molar-refractivity contribution in [1.82, 2.24) is 0 Å². The number of ketones is 1. The highest BCUT2D eigenvalue weighted by Crippen LogP contribution is 2.35. The molecule has 13 heavy (non-hydrogen) atoms. The van der Waals surface area contributed by atoms with Crippen LogP contribution in [0.25, 0.3) is 0 Å². The van der Waals surface area contributed by atoms with E-state index in [2.05, 4.69) is 12.5 Å². The summed E-state index contributed by atoms with van der Waals surface area (Å²) >= 11 is 3.54. The molecule has 1 aliphatic rings. The van der Waals surface area contributed by atoms with Gasteiger partial charge in [-0.1, -0.05) is 0 Å². The monoisotopic (exact) mass is 214 g/mol. The first kappa shape index (κ1) is 10.9. The van der Waals surface area contributed by atoms with Crippen molar-refractivity contribution in [2.45, 2.75) is 19.8 Å². The summed E-state index contributed by atoms with van der Waals surface area (Å²) < 4.78 is 1.35. The van der Waals surface area contributed by atoms with Gasteiger partial charge < -0.3 is 0 Å². The van der Waals surface area contributed by atoms with Gasteiger partial charge in [0.05, 0.1) is 0 Å². The van der Waals surface area contributed by atoms with E-state index in [-0.39, 0.29) is 5.78 Å². The maximum Gasteiger partial charge on any atom is 0.156 e. The van der Waals surface area contributed by atoms with Crippen molar-refractivity contribution in [3.63, 3.8) is 0 Å². The molecule has 0 saturated heterocycles. The van der Waals surface area contributed by atoms with Crippen LogP contribution in [-0.4, -0.2) is 18.3 Å². The summed E-state index contributed by atoms with van der Waals surface area (Å²) in [5, 5.41) is 0. The van der Waals surface area contributed by atoms with Gasteiger partial charge in [0.2, 0.25) is 0 Å². The molecular weight excluding hydrogens is 200 g/mol. The summed E-state index contributed by atoms with van der Waals surface area (Å²) in [5.74, 6) is 0.266. The van der Waals surface area contributed by atoms with Crippen LogP contribution >= 0.6 is 23.5 Å². The zero-order valence-corrected chi connectivity index (χ0v) is 9.85. The summed E-state index contributed by atoms with van der Waals surface area (Å²) in [6, 6.07) is 0. The molecule has 0 bridgehead atoms. The van der Waals surface area contributed by atoms with Gasteiger partial charge in [-0.2, -0.15) is 0 Å². The van der Waals surface area contributed by atoms with Crippen LogP contribution in [0.1, 0.15) is 19.8 Å². The number of hydrogen-bond donors (Lipinski definition) is 0. The minimum Gasteiger partial charge on any atom is -0.295 e. The molecule has 0 fully saturated rings. The van der Waals surface area contributed by atoms with Gasteiger partial charge in [-0.15, -0.1) is 23.5 Å². The van der Waals surface area contributed by atoms with Crippen LogP contribution in [0.3, 0.4) is 0 Å². The summed E-state index contributed by atoms with van der Waals surface area (Å²) in [6.07, 6.45) is 7.53. The van der Waals surface area contributed by atoms with Gasteiger partial charge in [0.1, 0.15) is 0 Å². The lowest BCUT2D eigenvalue weighted by atomic mass is 9.95. The van der Waals surface area contributed by atoms with Crippen LogP contribution in [0.5, 0.6) is 0 Å². The van der Waals surface area contributed by atoms with Crippen molar-refractivity contribution < 1.29 is 4.79 Å². The molecule has 0 aromatic carbocycles. The fraction of sp³-hybridized carbons (Fsp3) is 0.500. The summed E-state index contributed by atoms with van der Waals surface area (Å²) in [7, 11) is 0. The van der Waals surface area contributed by atoms with E-state index in [1.807, 2.05) is 6.92 Å². The quantitative estimate of drug-likeness (QED) is 0.702. The van der Waals surface area contributed by atoms with Gasteiger partial charge in [-0.05, 0) is 43.1 Å². The third-order valence-electron chi connectivity index (χ3n) is 2.09. The third-order valence-corrected chi connectivity index (χ3v) is 4.33. The highest BCUT2D eigenvalue weighted by molar-refractivity contribution is 8.21. The minimum atomic E-state index is 0.266. The molecule has 0 atom stereocenters. The molecule has 0 N–H and O–H groups in total. The normalized spacial score (nSPS) is 17.3. The molecule has 3 heteroatoms. The van der Waals surface area contributed by atoms with Gasteiger partial charge in [0, 0.05) is 10.7 Å². The first-order chi connectivity index (χ1) is 6.19. The summed E-state index contributed by atoms with van der Waals surface area (Å²) in [5.41, 5.74) is 2.51. The van der Waals surface area contributed by atoms with Gasteiger partial charge in [-0.3, -0.25) is 4.79 Å². The van der Waals surface area contributed by atoms with E-state index in [0.717, 1.165) is 12.0 Å². The predicted octanol–water partition coefficient (Wildman–Crippen LogP) is 3.23. The molecule has 0 aromatic rings. The van der Waals surface area contributed by atoms with Gasteiger partial charge in [0.15, 0.2) is 5.78 Å². The van der Waals surface area contributed by atoms with Crippen LogP contribution in [0.15, 0.2) is 21.5 Å². The number of rotatable bonds is 2. The average Bonchev–Trinajstić information content (AvgIpc) is 2.10. The lowest BCUT2D eigenvalue weighted by molar-refractivity contribution is -0.114. The largest absolute Gasteiger partial charge is 0.295 e. The van der Waals surface area contributed by atoms with Crippen LogP contribution in [0.4, 0.5) is 0 Å². The van der Waals surface area contributed by atoms with E-state index < -0.39 is 0 Å². The third kappa shape index (κ3) is 2.64. The average molecular weight is 214 g/mol. The van der Waals surface area contributed by atoms with E-state index in [1.54, 1.807) is 29.6 Å². The number of carbonyl (C=O) groups is 1. The van der Waals surface area contributed by atoms with Crippen LogP contribution in [0, 0.1) is 0 Å². The van der Waals surface area contributed by atoms with E-state index in [4.69, 9.17) is 0 Å². The highest BCUT2D eigenvalue weighted by atomic mass is 32.2. The second-order valence-electron chi connectivity index (χ2n) is 2.97. The van der Waals surface area contributed by atoms with E-state index in [0.29, 0.717) is 6.42 Å². The molecule has 0 radical (unpaired) electrons. The van der Waals surface area contributed by atoms with Gasteiger partial charge in [0.25, 0.3) is 0 Å². The fourth-order valence-electron chi connectivity index (χ4n) is 1.44. The SMILES string of the molecule is CSC(SC)=C1CCC(=O)C=C1C. The smallest absolute Gasteiger partial charge is 0.156 e. The van der Waals surface area contributed by atoms with Crippen LogP contribution < -0.4 is 0 Å². The summed E-state index contributed by atoms with van der Waals surface area (Å²) in [4.78, 5) is 11.1. The highest BCUT2D eigenvalue weighted by Gasteiger charge is 2.15. The number of carbonyl (C=O) groups excluding carboxylic acids is 1.